The first-order chi connectivity index (χ1) is 14.1. The summed E-state index contributed by atoms with van der Waals surface area (Å²) in [6.07, 6.45) is 4.64. The molecule has 1 aliphatic rings. The molecule has 0 aliphatic carbocycles. The number of hydrogen-bond donors (Lipinski definition) is 2. The third-order valence-corrected chi connectivity index (χ3v) is 5.71. The van der Waals surface area contributed by atoms with E-state index >= 15 is 0 Å². The first-order valence-electron chi connectivity index (χ1n) is 10.8. The Labute approximate surface area is 196 Å². The van der Waals surface area contributed by atoms with Gasteiger partial charge in [-0.25, -0.2) is 4.98 Å². The number of amides is 1. The third kappa shape index (κ3) is 6.09. The highest BCUT2D eigenvalue weighted by atomic mass is 127. The minimum absolute atomic E-state index is 0. The molecule has 0 bridgehead atoms. The van der Waals surface area contributed by atoms with Crippen LogP contribution in [0.4, 0.5) is 0 Å². The van der Waals surface area contributed by atoms with Crippen molar-refractivity contribution in [3.63, 3.8) is 0 Å². The minimum atomic E-state index is 0. The molecule has 1 aromatic heterocycles. The Hall–Kier alpha value is -1.84. The maximum atomic E-state index is 12.0. The number of hydrogen-bond acceptors (Lipinski definition) is 3. The van der Waals surface area contributed by atoms with Crippen molar-refractivity contribution in [1.29, 1.82) is 0 Å². The van der Waals surface area contributed by atoms with Crippen LogP contribution < -0.4 is 10.6 Å². The summed E-state index contributed by atoms with van der Waals surface area (Å²) in [4.78, 5) is 23.0. The van der Waals surface area contributed by atoms with Gasteiger partial charge >= 0.3 is 0 Å². The molecule has 1 aliphatic heterocycles. The molecular formula is C22H35IN6O. The Morgan fingerprint density at radius 3 is 2.73 bits per heavy atom. The highest BCUT2D eigenvalue weighted by Crippen LogP contribution is 2.18. The molecule has 0 spiro atoms. The van der Waals surface area contributed by atoms with Crippen molar-refractivity contribution in [3.8, 4) is 0 Å². The fraction of sp³-hybridized carbons (Fsp3) is 0.591. The van der Waals surface area contributed by atoms with Gasteiger partial charge in [0.1, 0.15) is 5.82 Å². The maximum Gasteiger partial charge on any atom is 0.222 e. The SMILES string of the molecule is CCC(CCNC(=NC)NCCCn1c(C)nc2ccccc21)N1CCCC1=O.I. The van der Waals surface area contributed by atoms with Gasteiger partial charge < -0.3 is 20.1 Å². The molecule has 0 saturated carbocycles. The van der Waals surface area contributed by atoms with E-state index in [0.717, 1.165) is 69.2 Å². The second-order valence-corrected chi connectivity index (χ2v) is 7.62. The zero-order valence-corrected chi connectivity index (χ0v) is 20.7. The number of carbonyl (C=O) groups excluding carboxylic acids is 1. The van der Waals surface area contributed by atoms with Crippen molar-refractivity contribution in [2.75, 3.05) is 26.7 Å². The predicted octanol–water partition coefficient (Wildman–Crippen LogP) is 3.31. The number of halogens is 1. The lowest BCUT2D eigenvalue weighted by molar-refractivity contribution is -0.129. The molecule has 1 amide bonds. The van der Waals surface area contributed by atoms with Crippen molar-refractivity contribution in [2.24, 2.45) is 4.99 Å². The monoisotopic (exact) mass is 526 g/mol. The van der Waals surface area contributed by atoms with Gasteiger partial charge in [-0.05, 0) is 44.7 Å². The summed E-state index contributed by atoms with van der Waals surface area (Å²) in [5.74, 6) is 2.18. The van der Waals surface area contributed by atoms with E-state index in [2.05, 4.69) is 62.1 Å². The third-order valence-electron chi connectivity index (χ3n) is 5.71. The lowest BCUT2D eigenvalue weighted by atomic mass is 10.1. The van der Waals surface area contributed by atoms with Gasteiger partial charge in [-0.1, -0.05) is 19.1 Å². The molecule has 8 heteroatoms. The van der Waals surface area contributed by atoms with E-state index in [1.807, 2.05) is 6.07 Å². The number of aliphatic imine (C=N–C) groups is 1. The summed E-state index contributed by atoms with van der Waals surface area (Å²) >= 11 is 0. The maximum absolute atomic E-state index is 12.0. The van der Waals surface area contributed by atoms with Crippen LogP contribution in [0.3, 0.4) is 0 Å². The zero-order chi connectivity index (χ0) is 20.6. The van der Waals surface area contributed by atoms with Crippen molar-refractivity contribution < 1.29 is 4.79 Å². The topological polar surface area (TPSA) is 74.6 Å². The number of carbonyl (C=O) groups is 1. The van der Waals surface area contributed by atoms with Crippen molar-refractivity contribution in [3.05, 3.63) is 30.1 Å². The average molecular weight is 526 g/mol. The second-order valence-electron chi connectivity index (χ2n) is 7.62. The number of aryl methyl sites for hydroxylation is 2. The molecule has 2 aromatic rings. The number of para-hydroxylation sites is 2. The van der Waals surface area contributed by atoms with Crippen LogP contribution in [0.5, 0.6) is 0 Å². The molecule has 1 aromatic carbocycles. The molecular weight excluding hydrogens is 491 g/mol. The molecule has 30 heavy (non-hydrogen) atoms. The van der Waals surface area contributed by atoms with Crippen molar-refractivity contribution in [1.82, 2.24) is 25.1 Å². The fourth-order valence-electron chi connectivity index (χ4n) is 4.14. The Morgan fingerprint density at radius 2 is 2.03 bits per heavy atom. The quantitative estimate of drug-likeness (QED) is 0.228. The Balaban J connectivity index is 0.00000320. The number of nitrogens with zero attached hydrogens (tertiary/aromatic N) is 4. The first kappa shape index (κ1) is 24.4. The van der Waals surface area contributed by atoms with Gasteiger partial charge in [0.05, 0.1) is 11.0 Å². The summed E-state index contributed by atoms with van der Waals surface area (Å²) in [6.45, 7) is 7.70. The lowest BCUT2D eigenvalue weighted by Crippen LogP contribution is -2.42. The lowest BCUT2D eigenvalue weighted by Gasteiger charge is -2.27. The van der Waals surface area contributed by atoms with Gasteiger partial charge in [-0.3, -0.25) is 9.79 Å². The molecule has 1 saturated heterocycles. The smallest absolute Gasteiger partial charge is 0.222 e. The molecule has 1 atom stereocenters. The fourth-order valence-corrected chi connectivity index (χ4v) is 4.14. The van der Waals surface area contributed by atoms with Crippen LogP contribution in [0.1, 0.15) is 44.9 Å². The van der Waals surface area contributed by atoms with Gasteiger partial charge in [0.15, 0.2) is 5.96 Å². The predicted molar refractivity (Wildman–Crippen MR) is 134 cm³/mol. The van der Waals surface area contributed by atoms with Crippen molar-refractivity contribution >= 4 is 46.9 Å². The van der Waals surface area contributed by atoms with Crippen LogP contribution in [0, 0.1) is 6.92 Å². The van der Waals surface area contributed by atoms with E-state index in [4.69, 9.17) is 0 Å². The highest BCUT2D eigenvalue weighted by molar-refractivity contribution is 14.0. The molecule has 2 N–H and O–H groups in total. The Morgan fingerprint density at radius 1 is 1.27 bits per heavy atom. The van der Waals surface area contributed by atoms with Crippen LogP contribution in [0.2, 0.25) is 0 Å². The molecule has 166 valence electrons. The van der Waals surface area contributed by atoms with E-state index in [1.165, 1.54) is 5.52 Å². The molecule has 2 heterocycles. The number of aromatic nitrogens is 2. The standard InChI is InChI=1S/C22H34N6O.HI/c1-4-18(28-15-7-11-21(28)29)12-14-25-22(23-3)24-13-8-16-27-17(2)26-19-9-5-6-10-20(19)27;/h5-6,9-10,18H,4,7-8,11-16H2,1-3H3,(H2,23,24,25);1H. The van der Waals surface area contributed by atoms with Gasteiger partial charge in [0.2, 0.25) is 5.91 Å². The van der Waals surface area contributed by atoms with Crippen molar-refractivity contribution in [2.45, 2.75) is 58.5 Å². The average Bonchev–Trinajstić information content (AvgIpc) is 3.29. The van der Waals surface area contributed by atoms with Crippen LogP contribution in [0.15, 0.2) is 29.3 Å². The summed E-state index contributed by atoms with van der Waals surface area (Å²) in [6, 6.07) is 8.59. The minimum Gasteiger partial charge on any atom is -0.356 e. The number of rotatable bonds is 9. The van der Waals surface area contributed by atoms with E-state index in [0.29, 0.717) is 18.4 Å². The van der Waals surface area contributed by atoms with Gasteiger partial charge in [-0.2, -0.15) is 0 Å². The first-order valence-corrected chi connectivity index (χ1v) is 10.8. The summed E-state index contributed by atoms with van der Waals surface area (Å²) in [5.41, 5.74) is 2.24. The van der Waals surface area contributed by atoms with Gasteiger partial charge in [-0.15, -0.1) is 24.0 Å². The highest BCUT2D eigenvalue weighted by Gasteiger charge is 2.26. The van der Waals surface area contributed by atoms with Gasteiger partial charge in [0.25, 0.3) is 0 Å². The van der Waals surface area contributed by atoms with E-state index in [1.54, 1.807) is 7.05 Å². The Kier molecular flexibility index (Phi) is 9.87. The van der Waals surface area contributed by atoms with E-state index in [-0.39, 0.29) is 24.0 Å². The number of likely N-dealkylation sites (tertiary alicyclic amines) is 1. The van der Waals surface area contributed by atoms with Crippen LogP contribution in [-0.4, -0.2) is 59.0 Å². The molecule has 0 radical (unpaired) electrons. The molecule has 1 fully saturated rings. The largest absolute Gasteiger partial charge is 0.356 e. The van der Waals surface area contributed by atoms with Crippen LogP contribution >= 0.6 is 24.0 Å². The summed E-state index contributed by atoms with van der Waals surface area (Å²) in [5, 5.41) is 6.78. The van der Waals surface area contributed by atoms with Crippen LogP contribution in [-0.2, 0) is 11.3 Å². The number of nitrogens with one attached hydrogen (secondary N) is 2. The number of guanidine groups is 1. The number of benzene rings is 1. The number of imidazole rings is 1. The molecule has 3 rings (SSSR count). The van der Waals surface area contributed by atoms with E-state index < -0.39 is 0 Å². The van der Waals surface area contributed by atoms with Crippen LogP contribution in [0.25, 0.3) is 11.0 Å². The zero-order valence-electron chi connectivity index (χ0n) is 18.4. The number of fused-ring (bicyclic) bond motifs is 1. The summed E-state index contributed by atoms with van der Waals surface area (Å²) in [7, 11) is 1.80. The Bertz CT molecular complexity index is 849. The molecule has 1 unspecified atom stereocenters. The molecule has 7 nitrogen and oxygen atoms in total. The summed E-state index contributed by atoms with van der Waals surface area (Å²) < 4.78 is 2.27. The normalized spacial score (nSPS) is 15.4. The second kappa shape index (κ2) is 12.1. The van der Waals surface area contributed by atoms with E-state index in [9.17, 15) is 4.79 Å². The van der Waals surface area contributed by atoms with Gasteiger partial charge in [0, 0.05) is 45.7 Å².